The first kappa shape index (κ1) is 12.9. The first-order valence-corrected chi connectivity index (χ1v) is 6.69. The summed E-state index contributed by atoms with van der Waals surface area (Å²) >= 11 is 0. The van der Waals surface area contributed by atoms with Gasteiger partial charge in [-0.05, 0) is 18.1 Å². The van der Waals surface area contributed by atoms with E-state index in [2.05, 4.69) is 53.1 Å². The number of rotatable bonds is 4. The van der Waals surface area contributed by atoms with Crippen molar-refractivity contribution in [1.29, 1.82) is 5.26 Å². The molecule has 3 nitrogen and oxygen atoms in total. The van der Waals surface area contributed by atoms with Crippen molar-refractivity contribution in [3.8, 4) is 6.07 Å². The van der Waals surface area contributed by atoms with Crippen LogP contribution < -0.4 is 4.90 Å². The molecule has 0 bridgehead atoms. The van der Waals surface area contributed by atoms with Crippen molar-refractivity contribution >= 4 is 5.69 Å². The highest BCUT2D eigenvalue weighted by molar-refractivity contribution is 5.46. The minimum absolute atomic E-state index is 0.485. The van der Waals surface area contributed by atoms with Gasteiger partial charge in [-0.25, -0.2) is 0 Å². The van der Waals surface area contributed by atoms with E-state index in [4.69, 9.17) is 5.26 Å². The van der Waals surface area contributed by atoms with Crippen LogP contribution in [0.3, 0.4) is 0 Å². The van der Waals surface area contributed by atoms with Crippen molar-refractivity contribution in [3.05, 3.63) is 30.3 Å². The average Bonchev–Trinajstić information content (AvgIpc) is 2.41. The minimum atomic E-state index is 0.485. The van der Waals surface area contributed by atoms with Crippen LogP contribution in [0.1, 0.15) is 13.3 Å². The number of benzene rings is 1. The zero-order valence-corrected chi connectivity index (χ0v) is 11.0. The molecule has 1 aromatic carbocycles. The average molecular weight is 243 g/mol. The summed E-state index contributed by atoms with van der Waals surface area (Å²) in [7, 11) is 0. The molecule has 1 saturated heterocycles. The second-order valence-electron chi connectivity index (χ2n) is 5.09. The molecular formula is C15H21N3. The Balaban J connectivity index is 1.80. The molecule has 0 spiro atoms. The van der Waals surface area contributed by atoms with E-state index < -0.39 is 0 Å². The topological polar surface area (TPSA) is 30.3 Å². The van der Waals surface area contributed by atoms with Gasteiger partial charge in [0.2, 0.25) is 0 Å². The van der Waals surface area contributed by atoms with E-state index >= 15 is 0 Å². The molecule has 1 aliphatic rings. The molecule has 96 valence electrons. The van der Waals surface area contributed by atoms with Crippen molar-refractivity contribution in [1.82, 2.24) is 4.90 Å². The molecule has 1 unspecified atom stereocenters. The molecule has 1 atom stereocenters. The Bertz CT molecular complexity index is 388. The van der Waals surface area contributed by atoms with Crippen molar-refractivity contribution in [2.75, 3.05) is 37.6 Å². The van der Waals surface area contributed by atoms with Crippen LogP contribution in [-0.2, 0) is 0 Å². The van der Waals surface area contributed by atoms with Crippen LogP contribution in [0.15, 0.2) is 30.3 Å². The van der Waals surface area contributed by atoms with Gasteiger partial charge in [0.25, 0.3) is 0 Å². The summed E-state index contributed by atoms with van der Waals surface area (Å²) in [5.74, 6) is 0.485. The third-order valence-corrected chi connectivity index (χ3v) is 3.50. The molecule has 0 radical (unpaired) electrons. The fourth-order valence-electron chi connectivity index (χ4n) is 2.49. The van der Waals surface area contributed by atoms with Crippen LogP contribution in [0, 0.1) is 17.2 Å². The quantitative estimate of drug-likeness (QED) is 0.813. The first-order chi connectivity index (χ1) is 8.79. The lowest BCUT2D eigenvalue weighted by Gasteiger charge is -2.37. The third kappa shape index (κ3) is 3.48. The Morgan fingerprint density at radius 2 is 1.83 bits per heavy atom. The molecule has 0 saturated carbocycles. The van der Waals surface area contributed by atoms with Gasteiger partial charge in [0.15, 0.2) is 0 Å². The SMILES string of the molecule is CC(CC#N)CN1CCN(c2ccccc2)CC1. The molecule has 1 aliphatic heterocycles. The summed E-state index contributed by atoms with van der Waals surface area (Å²) in [5.41, 5.74) is 1.32. The van der Waals surface area contributed by atoms with Gasteiger partial charge in [0.1, 0.15) is 0 Å². The van der Waals surface area contributed by atoms with Gasteiger partial charge in [-0.2, -0.15) is 5.26 Å². The van der Waals surface area contributed by atoms with Gasteiger partial charge in [-0.1, -0.05) is 25.1 Å². The summed E-state index contributed by atoms with van der Waals surface area (Å²) in [4.78, 5) is 4.91. The molecule has 1 aromatic rings. The van der Waals surface area contributed by atoms with Crippen molar-refractivity contribution in [2.45, 2.75) is 13.3 Å². The lowest BCUT2D eigenvalue weighted by atomic mass is 10.1. The van der Waals surface area contributed by atoms with Gasteiger partial charge < -0.3 is 4.90 Å². The number of hydrogen-bond donors (Lipinski definition) is 0. The monoisotopic (exact) mass is 243 g/mol. The molecule has 18 heavy (non-hydrogen) atoms. The van der Waals surface area contributed by atoms with Crippen molar-refractivity contribution < 1.29 is 0 Å². The highest BCUT2D eigenvalue weighted by atomic mass is 15.3. The van der Waals surface area contributed by atoms with Gasteiger partial charge in [0, 0.05) is 44.8 Å². The molecule has 0 amide bonds. The van der Waals surface area contributed by atoms with E-state index in [-0.39, 0.29) is 0 Å². The van der Waals surface area contributed by atoms with E-state index in [1.54, 1.807) is 0 Å². The second-order valence-corrected chi connectivity index (χ2v) is 5.09. The molecule has 3 heteroatoms. The number of hydrogen-bond acceptors (Lipinski definition) is 3. The highest BCUT2D eigenvalue weighted by Gasteiger charge is 2.18. The van der Waals surface area contributed by atoms with E-state index in [1.165, 1.54) is 5.69 Å². The standard InChI is InChI=1S/C15H21N3/c1-14(7-8-16)13-17-9-11-18(12-10-17)15-5-3-2-4-6-15/h2-6,14H,7,9-13H2,1H3. The van der Waals surface area contributed by atoms with Crippen LogP contribution in [0.4, 0.5) is 5.69 Å². The maximum atomic E-state index is 8.68. The van der Waals surface area contributed by atoms with E-state index in [0.29, 0.717) is 12.3 Å². The molecule has 0 N–H and O–H groups in total. The maximum absolute atomic E-state index is 8.68. The Morgan fingerprint density at radius 3 is 2.44 bits per heavy atom. The Kier molecular flexibility index (Phi) is 4.60. The van der Waals surface area contributed by atoms with Crippen LogP contribution in [0.5, 0.6) is 0 Å². The zero-order chi connectivity index (χ0) is 12.8. The van der Waals surface area contributed by atoms with Gasteiger partial charge in [-0.15, -0.1) is 0 Å². The summed E-state index contributed by atoms with van der Waals surface area (Å²) in [6.45, 7) is 7.59. The van der Waals surface area contributed by atoms with Crippen LogP contribution in [0.2, 0.25) is 0 Å². The third-order valence-electron chi connectivity index (χ3n) is 3.50. The van der Waals surface area contributed by atoms with E-state index in [9.17, 15) is 0 Å². The number of anilines is 1. The fourth-order valence-corrected chi connectivity index (χ4v) is 2.49. The van der Waals surface area contributed by atoms with E-state index in [0.717, 1.165) is 32.7 Å². The smallest absolute Gasteiger partial charge is 0.0625 e. The first-order valence-electron chi connectivity index (χ1n) is 6.69. The number of para-hydroxylation sites is 1. The largest absolute Gasteiger partial charge is 0.369 e. The summed E-state index contributed by atoms with van der Waals surface area (Å²) < 4.78 is 0. The number of piperazine rings is 1. The Hall–Kier alpha value is -1.53. The van der Waals surface area contributed by atoms with Crippen molar-refractivity contribution in [2.24, 2.45) is 5.92 Å². The van der Waals surface area contributed by atoms with Gasteiger partial charge >= 0.3 is 0 Å². The predicted octanol–water partition coefficient (Wildman–Crippen LogP) is 2.36. The zero-order valence-electron chi connectivity index (χ0n) is 11.0. The summed E-state index contributed by atoms with van der Waals surface area (Å²) in [5, 5.41) is 8.68. The normalized spacial score (nSPS) is 18.3. The predicted molar refractivity (Wildman–Crippen MR) is 74.5 cm³/mol. The lowest BCUT2D eigenvalue weighted by Crippen LogP contribution is -2.47. The second kappa shape index (κ2) is 6.42. The van der Waals surface area contributed by atoms with E-state index in [1.807, 2.05) is 0 Å². The minimum Gasteiger partial charge on any atom is -0.369 e. The maximum Gasteiger partial charge on any atom is 0.0625 e. The fraction of sp³-hybridized carbons (Fsp3) is 0.533. The molecule has 0 aliphatic carbocycles. The molecular weight excluding hydrogens is 222 g/mol. The Labute approximate surface area is 110 Å². The molecule has 1 fully saturated rings. The summed E-state index contributed by atoms with van der Waals surface area (Å²) in [6.07, 6.45) is 0.666. The Morgan fingerprint density at radius 1 is 1.17 bits per heavy atom. The van der Waals surface area contributed by atoms with Crippen molar-refractivity contribution in [3.63, 3.8) is 0 Å². The lowest BCUT2D eigenvalue weighted by molar-refractivity contribution is 0.226. The van der Waals surface area contributed by atoms with Crippen LogP contribution in [-0.4, -0.2) is 37.6 Å². The molecule has 0 aromatic heterocycles. The number of nitriles is 1. The molecule has 1 heterocycles. The number of nitrogens with zero attached hydrogens (tertiary/aromatic N) is 3. The van der Waals surface area contributed by atoms with Crippen LogP contribution in [0.25, 0.3) is 0 Å². The highest BCUT2D eigenvalue weighted by Crippen LogP contribution is 2.16. The van der Waals surface area contributed by atoms with Crippen LogP contribution >= 0.6 is 0 Å². The van der Waals surface area contributed by atoms with Gasteiger partial charge in [0.05, 0.1) is 6.07 Å². The van der Waals surface area contributed by atoms with Gasteiger partial charge in [-0.3, -0.25) is 4.90 Å². The molecule has 2 rings (SSSR count). The summed E-state index contributed by atoms with van der Waals surface area (Å²) in [6, 6.07) is 12.9.